The van der Waals surface area contributed by atoms with Crippen LogP contribution in [0.5, 0.6) is 0 Å². The predicted octanol–water partition coefficient (Wildman–Crippen LogP) is 3.33. The standard InChI is InChI=1S/C14H18O/c1-3-11-8-12-6-4-5-7-13(12)9-14(11)10(2)15/h8-9H,3-7H2,1-2H3. The molecule has 1 heteroatoms. The molecular formula is C14H18O. The number of carbonyl (C=O) groups is 1. The molecule has 0 fully saturated rings. The molecule has 0 heterocycles. The quantitative estimate of drug-likeness (QED) is 0.672. The van der Waals surface area contributed by atoms with Gasteiger partial charge in [0.1, 0.15) is 0 Å². The first-order chi connectivity index (χ1) is 7.22. The number of benzene rings is 1. The molecule has 0 aliphatic heterocycles. The first-order valence-electron chi connectivity index (χ1n) is 5.88. The number of carbonyl (C=O) groups excluding carboxylic acids is 1. The number of hydrogen-bond acceptors (Lipinski definition) is 1. The smallest absolute Gasteiger partial charge is 0.160 e. The number of hydrogen-bond donors (Lipinski definition) is 0. The van der Waals surface area contributed by atoms with Crippen molar-refractivity contribution in [2.24, 2.45) is 0 Å². The van der Waals surface area contributed by atoms with E-state index in [4.69, 9.17) is 0 Å². The van der Waals surface area contributed by atoms with E-state index in [9.17, 15) is 4.79 Å². The Kier molecular flexibility index (Phi) is 2.90. The van der Waals surface area contributed by atoms with E-state index in [1.807, 2.05) is 0 Å². The molecule has 0 atom stereocenters. The fraction of sp³-hybridized carbons (Fsp3) is 0.500. The molecule has 0 saturated carbocycles. The summed E-state index contributed by atoms with van der Waals surface area (Å²) in [5.74, 6) is 0.209. The van der Waals surface area contributed by atoms with Gasteiger partial charge in [-0.1, -0.05) is 13.0 Å². The van der Waals surface area contributed by atoms with Crippen LogP contribution in [0.15, 0.2) is 12.1 Å². The summed E-state index contributed by atoms with van der Waals surface area (Å²) in [5, 5.41) is 0. The molecule has 0 saturated heterocycles. The lowest BCUT2D eigenvalue weighted by molar-refractivity contribution is 0.101. The molecule has 2 rings (SSSR count). The predicted molar refractivity (Wildman–Crippen MR) is 62.5 cm³/mol. The third-order valence-corrected chi connectivity index (χ3v) is 3.33. The Morgan fingerprint density at radius 1 is 1.20 bits per heavy atom. The minimum Gasteiger partial charge on any atom is -0.295 e. The van der Waals surface area contributed by atoms with Gasteiger partial charge in [-0.15, -0.1) is 0 Å². The summed E-state index contributed by atoms with van der Waals surface area (Å²) in [6, 6.07) is 4.39. The zero-order chi connectivity index (χ0) is 10.8. The highest BCUT2D eigenvalue weighted by Gasteiger charge is 2.14. The van der Waals surface area contributed by atoms with Gasteiger partial charge in [0, 0.05) is 5.56 Å². The lowest BCUT2D eigenvalue weighted by Crippen LogP contribution is -2.08. The molecular weight excluding hydrogens is 184 g/mol. The van der Waals surface area contributed by atoms with E-state index >= 15 is 0 Å². The van der Waals surface area contributed by atoms with Gasteiger partial charge < -0.3 is 0 Å². The number of Topliss-reactive ketones (excluding diaryl/α,β-unsaturated/α-hetero) is 1. The topological polar surface area (TPSA) is 17.1 Å². The molecule has 1 aromatic rings. The second-order valence-electron chi connectivity index (χ2n) is 4.39. The van der Waals surface area contributed by atoms with Gasteiger partial charge in [-0.2, -0.15) is 0 Å². The SMILES string of the molecule is CCc1cc2c(cc1C(C)=O)CCCC2. The number of aryl methyl sites for hydroxylation is 3. The van der Waals surface area contributed by atoms with Crippen LogP contribution in [-0.2, 0) is 19.3 Å². The molecule has 1 nitrogen and oxygen atoms in total. The van der Waals surface area contributed by atoms with Crippen molar-refractivity contribution in [1.82, 2.24) is 0 Å². The second kappa shape index (κ2) is 4.18. The zero-order valence-corrected chi connectivity index (χ0v) is 9.60. The zero-order valence-electron chi connectivity index (χ0n) is 9.60. The van der Waals surface area contributed by atoms with Gasteiger partial charge >= 0.3 is 0 Å². The maximum Gasteiger partial charge on any atom is 0.160 e. The highest BCUT2D eigenvalue weighted by Crippen LogP contribution is 2.25. The minimum atomic E-state index is 0.209. The van der Waals surface area contributed by atoms with Crippen LogP contribution < -0.4 is 0 Å². The van der Waals surface area contributed by atoms with Crippen molar-refractivity contribution < 1.29 is 4.79 Å². The minimum absolute atomic E-state index is 0.209. The summed E-state index contributed by atoms with van der Waals surface area (Å²) in [6.07, 6.45) is 5.88. The Morgan fingerprint density at radius 2 is 1.80 bits per heavy atom. The average Bonchev–Trinajstić information content (AvgIpc) is 2.27. The van der Waals surface area contributed by atoms with Crippen LogP contribution in [0.3, 0.4) is 0 Å². The maximum absolute atomic E-state index is 11.5. The summed E-state index contributed by atoms with van der Waals surface area (Å²) >= 11 is 0. The summed E-state index contributed by atoms with van der Waals surface area (Å²) in [4.78, 5) is 11.5. The molecule has 1 aromatic carbocycles. The van der Waals surface area contributed by atoms with Crippen molar-refractivity contribution >= 4 is 5.78 Å². The van der Waals surface area contributed by atoms with Crippen molar-refractivity contribution in [3.63, 3.8) is 0 Å². The average molecular weight is 202 g/mol. The van der Waals surface area contributed by atoms with Gasteiger partial charge in [-0.25, -0.2) is 0 Å². The summed E-state index contributed by atoms with van der Waals surface area (Å²) in [6.45, 7) is 3.79. The lowest BCUT2D eigenvalue weighted by atomic mass is 9.87. The fourth-order valence-corrected chi connectivity index (χ4v) is 2.46. The van der Waals surface area contributed by atoms with Crippen LogP contribution in [0.1, 0.15) is 53.7 Å². The molecule has 0 unspecified atom stereocenters. The molecule has 0 spiro atoms. The summed E-state index contributed by atoms with van der Waals surface area (Å²) in [5.41, 5.74) is 5.05. The molecule has 0 bridgehead atoms. The Hall–Kier alpha value is -1.11. The highest BCUT2D eigenvalue weighted by atomic mass is 16.1. The van der Waals surface area contributed by atoms with Crippen LogP contribution in [0, 0.1) is 0 Å². The van der Waals surface area contributed by atoms with Gasteiger partial charge in [0.2, 0.25) is 0 Å². The van der Waals surface area contributed by atoms with Crippen molar-refractivity contribution in [2.75, 3.05) is 0 Å². The van der Waals surface area contributed by atoms with Gasteiger partial charge in [-0.05, 0) is 61.8 Å². The summed E-state index contributed by atoms with van der Waals surface area (Å²) in [7, 11) is 0. The monoisotopic (exact) mass is 202 g/mol. The van der Waals surface area contributed by atoms with Crippen molar-refractivity contribution in [3.8, 4) is 0 Å². The van der Waals surface area contributed by atoms with E-state index in [0.29, 0.717) is 0 Å². The van der Waals surface area contributed by atoms with Crippen LogP contribution in [0.2, 0.25) is 0 Å². The summed E-state index contributed by atoms with van der Waals surface area (Å²) < 4.78 is 0. The van der Waals surface area contributed by atoms with Crippen LogP contribution >= 0.6 is 0 Å². The van der Waals surface area contributed by atoms with Gasteiger partial charge in [0.25, 0.3) is 0 Å². The first kappa shape index (κ1) is 10.4. The van der Waals surface area contributed by atoms with Gasteiger partial charge in [0.15, 0.2) is 5.78 Å². The number of rotatable bonds is 2. The molecule has 0 N–H and O–H groups in total. The second-order valence-corrected chi connectivity index (χ2v) is 4.39. The third kappa shape index (κ3) is 1.97. The van der Waals surface area contributed by atoms with E-state index in [2.05, 4.69) is 19.1 Å². The normalized spacial score (nSPS) is 14.8. The molecule has 15 heavy (non-hydrogen) atoms. The van der Waals surface area contributed by atoms with Crippen molar-refractivity contribution in [3.05, 3.63) is 34.4 Å². The Balaban J connectivity index is 2.51. The maximum atomic E-state index is 11.5. The van der Waals surface area contributed by atoms with Crippen LogP contribution in [0.25, 0.3) is 0 Å². The van der Waals surface area contributed by atoms with Crippen LogP contribution in [-0.4, -0.2) is 5.78 Å². The first-order valence-corrected chi connectivity index (χ1v) is 5.88. The van der Waals surface area contributed by atoms with Crippen molar-refractivity contribution in [1.29, 1.82) is 0 Å². The highest BCUT2D eigenvalue weighted by molar-refractivity contribution is 5.95. The van der Waals surface area contributed by atoms with Gasteiger partial charge in [0.05, 0.1) is 0 Å². The largest absolute Gasteiger partial charge is 0.295 e. The van der Waals surface area contributed by atoms with Crippen LogP contribution in [0.4, 0.5) is 0 Å². The Bertz CT molecular complexity index is 391. The lowest BCUT2D eigenvalue weighted by Gasteiger charge is -2.18. The number of fused-ring (bicyclic) bond motifs is 1. The Labute approximate surface area is 91.5 Å². The third-order valence-electron chi connectivity index (χ3n) is 3.33. The van der Waals surface area contributed by atoms with E-state index in [1.165, 1.54) is 36.0 Å². The fourth-order valence-electron chi connectivity index (χ4n) is 2.46. The molecule has 1 aliphatic rings. The molecule has 0 aromatic heterocycles. The Morgan fingerprint density at radius 3 is 2.33 bits per heavy atom. The molecule has 0 radical (unpaired) electrons. The van der Waals surface area contributed by atoms with E-state index in [-0.39, 0.29) is 5.78 Å². The molecule has 80 valence electrons. The van der Waals surface area contributed by atoms with E-state index in [0.717, 1.165) is 18.4 Å². The molecule has 0 amide bonds. The van der Waals surface area contributed by atoms with Gasteiger partial charge in [-0.3, -0.25) is 4.79 Å². The van der Waals surface area contributed by atoms with Crippen molar-refractivity contribution in [2.45, 2.75) is 46.0 Å². The van der Waals surface area contributed by atoms with E-state index < -0.39 is 0 Å². The molecule has 1 aliphatic carbocycles. The number of ketones is 1. The van der Waals surface area contributed by atoms with E-state index in [1.54, 1.807) is 6.92 Å².